The van der Waals surface area contributed by atoms with Gasteiger partial charge < -0.3 is 26.6 Å². The molecule has 1 aromatic heterocycles. The van der Waals surface area contributed by atoms with E-state index in [1.165, 1.54) is 6.20 Å². The zero-order valence-corrected chi connectivity index (χ0v) is 14.2. The summed E-state index contributed by atoms with van der Waals surface area (Å²) in [6.07, 6.45) is 2.46. The molecule has 0 bridgehead atoms. The van der Waals surface area contributed by atoms with Crippen LogP contribution in [0.1, 0.15) is 23.0 Å². The van der Waals surface area contributed by atoms with E-state index in [1.54, 1.807) is 37.4 Å². The Morgan fingerprint density at radius 1 is 1.27 bits per heavy atom. The van der Waals surface area contributed by atoms with E-state index >= 15 is 0 Å². The van der Waals surface area contributed by atoms with E-state index in [-0.39, 0.29) is 5.56 Å². The molecule has 0 aliphatic rings. The van der Waals surface area contributed by atoms with Crippen LogP contribution >= 0.6 is 0 Å². The molecule has 1 heterocycles. The Kier molecular flexibility index (Phi) is 4.81. The highest BCUT2D eigenvalue weighted by Gasteiger charge is 2.14. The molecule has 0 aliphatic heterocycles. The van der Waals surface area contributed by atoms with Gasteiger partial charge in [0.15, 0.2) is 0 Å². The van der Waals surface area contributed by atoms with Gasteiger partial charge in [0.1, 0.15) is 11.6 Å². The minimum absolute atomic E-state index is 0.294. The Bertz CT molecular complexity index is 1040. The highest BCUT2D eigenvalue weighted by atomic mass is 16.5. The van der Waals surface area contributed by atoms with Crippen LogP contribution in [0.2, 0.25) is 0 Å². The van der Waals surface area contributed by atoms with Crippen LogP contribution in [0.4, 0.5) is 0 Å². The van der Waals surface area contributed by atoms with Gasteiger partial charge in [0.2, 0.25) is 0 Å². The molecule has 0 radical (unpaired) electrons. The number of hydrogen-bond donors (Lipinski definition) is 4. The summed E-state index contributed by atoms with van der Waals surface area (Å²) in [7, 11) is 1.59. The average molecular weight is 349 g/mol. The number of nitrogens with zero attached hydrogens (tertiary/aromatic N) is 1. The van der Waals surface area contributed by atoms with E-state index in [1.807, 2.05) is 12.1 Å². The van der Waals surface area contributed by atoms with Crippen molar-refractivity contribution in [3.05, 3.63) is 76.0 Å². The largest absolute Gasteiger partial charge is 0.497 e. The maximum absolute atomic E-state index is 12.5. The molecule has 26 heavy (non-hydrogen) atoms. The monoisotopic (exact) mass is 349 g/mol. The number of nitrogens with two attached hydrogens (primary N) is 2. The number of ether oxygens (including phenoxy) is 1. The number of hydrogen-bond acceptors (Lipinski definition) is 6. The Labute approximate surface area is 149 Å². The van der Waals surface area contributed by atoms with Gasteiger partial charge in [-0.15, -0.1) is 0 Å². The van der Waals surface area contributed by atoms with E-state index in [2.05, 4.69) is 9.97 Å². The minimum Gasteiger partial charge on any atom is -0.497 e. The van der Waals surface area contributed by atoms with Crippen molar-refractivity contribution in [3.63, 3.8) is 0 Å². The van der Waals surface area contributed by atoms with E-state index in [4.69, 9.17) is 21.6 Å². The third-order valence-electron chi connectivity index (χ3n) is 4.16. The van der Waals surface area contributed by atoms with Crippen LogP contribution < -0.4 is 21.8 Å². The molecule has 7 heteroatoms. The summed E-state index contributed by atoms with van der Waals surface area (Å²) in [5.41, 5.74) is 14.0. The molecule has 0 amide bonds. The van der Waals surface area contributed by atoms with Crippen LogP contribution in [0, 0.1) is 5.41 Å². The molecule has 3 aromatic rings. The number of nitrogens with one attached hydrogen (secondary N) is 2. The van der Waals surface area contributed by atoms with E-state index in [0.717, 1.165) is 17.5 Å². The van der Waals surface area contributed by atoms with E-state index in [9.17, 15) is 4.79 Å². The lowest BCUT2D eigenvalue weighted by Crippen LogP contribution is -2.21. The lowest BCUT2D eigenvalue weighted by molar-refractivity contribution is 0.414. The SMILES string of the molecule is COc1ccc(C(N)c2nc3ccc(/C(C=N)=C/N)cc3c(=O)[nH]2)cc1. The summed E-state index contributed by atoms with van der Waals surface area (Å²) in [5, 5.41) is 7.78. The second-order valence-corrected chi connectivity index (χ2v) is 5.70. The van der Waals surface area contributed by atoms with Gasteiger partial charge in [0.25, 0.3) is 5.56 Å². The number of aromatic amines is 1. The van der Waals surface area contributed by atoms with Gasteiger partial charge in [-0.1, -0.05) is 18.2 Å². The van der Waals surface area contributed by atoms with Gasteiger partial charge in [-0.05, 0) is 35.4 Å². The molecule has 0 saturated carbocycles. The summed E-state index contributed by atoms with van der Waals surface area (Å²) >= 11 is 0. The second-order valence-electron chi connectivity index (χ2n) is 5.70. The van der Waals surface area contributed by atoms with Gasteiger partial charge in [-0.2, -0.15) is 0 Å². The number of allylic oxidation sites excluding steroid dienone is 1. The van der Waals surface area contributed by atoms with Gasteiger partial charge in [0.05, 0.1) is 24.1 Å². The van der Waals surface area contributed by atoms with Crippen molar-refractivity contribution in [2.45, 2.75) is 6.04 Å². The Morgan fingerprint density at radius 3 is 2.62 bits per heavy atom. The Hall–Kier alpha value is -3.45. The predicted octanol–water partition coefficient (Wildman–Crippen LogP) is 1.93. The predicted molar refractivity (Wildman–Crippen MR) is 102 cm³/mol. The molecule has 3 rings (SSSR count). The van der Waals surface area contributed by atoms with Crippen LogP contribution in [0.25, 0.3) is 16.5 Å². The minimum atomic E-state index is -0.571. The number of fused-ring (bicyclic) bond motifs is 1. The third kappa shape index (κ3) is 3.20. The summed E-state index contributed by atoms with van der Waals surface area (Å²) in [4.78, 5) is 19.7. The molecular formula is C19H19N5O2. The first kappa shape index (κ1) is 17.4. The van der Waals surface area contributed by atoms with Gasteiger partial charge >= 0.3 is 0 Å². The number of H-pyrrole nitrogens is 1. The van der Waals surface area contributed by atoms with Crippen molar-refractivity contribution in [2.24, 2.45) is 11.5 Å². The second kappa shape index (κ2) is 7.20. The molecule has 132 valence electrons. The molecule has 0 aliphatic carbocycles. The molecule has 6 N–H and O–H groups in total. The average Bonchev–Trinajstić information content (AvgIpc) is 2.68. The maximum Gasteiger partial charge on any atom is 0.258 e. The zero-order chi connectivity index (χ0) is 18.7. The van der Waals surface area contributed by atoms with Crippen LogP contribution in [0.5, 0.6) is 5.75 Å². The normalized spacial score (nSPS) is 12.8. The molecule has 0 saturated heterocycles. The topological polar surface area (TPSA) is 131 Å². The van der Waals surface area contributed by atoms with Crippen molar-refractivity contribution in [1.29, 1.82) is 5.41 Å². The molecule has 1 atom stereocenters. The van der Waals surface area contributed by atoms with Gasteiger partial charge in [0, 0.05) is 18.0 Å². The number of rotatable bonds is 5. The van der Waals surface area contributed by atoms with E-state index < -0.39 is 6.04 Å². The fourth-order valence-corrected chi connectivity index (χ4v) is 2.68. The lowest BCUT2D eigenvalue weighted by Gasteiger charge is -2.13. The number of benzene rings is 2. The smallest absolute Gasteiger partial charge is 0.258 e. The van der Waals surface area contributed by atoms with Crippen molar-refractivity contribution in [2.75, 3.05) is 7.11 Å². The van der Waals surface area contributed by atoms with Crippen LogP contribution in [-0.4, -0.2) is 23.3 Å². The maximum atomic E-state index is 12.5. The molecule has 2 aromatic carbocycles. The fraction of sp³-hybridized carbons (Fsp3) is 0.105. The molecule has 7 nitrogen and oxygen atoms in total. The van der Waals surface area contributed by atoms with Crippen molar-refractivity contribution in [1.82, 2.24) is 9.97 Å². The zero-order valence-electron chi connectivity index (χ0n) is 14.2. The molecule has 0 spiro atoms. The van der Waals surface area contributed by atoms with Crippen LogP contribution in [-0.2, 0) is 0 Å². The van der Waals surface area contributed by atoms with Crippen molar-refractivity contribution >= 4 is 22.7 Å². The van der Waals surface area contributed by atoms with Crippen molar-refractivity contribution < 1.29 is 4.74 Å². The highest BCUT2D eigenvalue weighted by molar-refractivity contribution is 6.09. The third-order valence-corrected chi connectivity index (χ3v) is 4.16. The van der Waals surface area contributed by atoms with Gasteiger partial charge in [-0.25, -0.2) is 4.98 Å². The molecule has 1 unspecified atom stereocenters. The number of aromatic nitrogens is 2. The summed E-state index contributed by atoms with van der Waals surface area (Å²) < 4.78 is 5.14. The summed E-state index contributed by atoms with van der Waals surface area (Å²) in [5.74, 6) is 1.10. The Morgan fingerprint density at radius 2 is 2.00 bits per heavy atom. The van der Waals surface area contributed by atoms with Crippen molar-refractivity contribution in [3.8, 4) is 5.75 Å². The standard InChI is InChI=1S/C19H19N5O2/c1-26-14-5-2-11(3-6-14)17(22)18-23-16-7-4-12(13(9-20)10-21)8-15(16)19(25)24-18/h2-10,17,20H,21-22H2,1H3,(H,23,24,25)/b13-10+,20-9?. The molecular weight excluding hydrogens is 330 g/mol. The van der Waals surface area contributed by atoms with Crippen LogP contribution in [0.3, 0.4) is 0 Å². The lowest BCUT2D eigenvalue weighted by atomic mass is 10.0. The quantitative estimate of drug-likeness (QED) is 0.523. The first-order valence-corrected chi connectivity index (χ1v) is 7.93. The van der Waals surface area contributed by atoms with E-state index in [0.29, 0.717) is 27.9 Å². The van der Waals surface area contributed by atoms with Gasteiger partial charge in [-0.3, -0.25) is 4.79 Å². The summed E-state index contributed by atoms with van der Waals surface area (Å²) in [6.45, 7) is 0. The van der Waals surface area contributed by atoms with Crippen LogP contribution in [0.15, 0.2) is 53.5 Å². The first-order chi connectivity index (χ1) is 12.6. The first-order valence-electron chi connectivity index (χ1n) is 7.93. The highest BCUT2D eigenvalue weighted by Crippen LogP contribution is 2.21. The molecule has 0 fully saturated rings. The fourth-order valence-electron chi connectivity index (χ4n) is 2.68. The number of methoxy groups -OCH3 is 1. The summed E-state index contributed by atoms with van der Waals surface area (Å²) in [6, 6.07) is 11.8. The Balaban J connectivity index is 2.04.